The molecule has 0 bridgehead atoms. The number of carbonyl (C=O) groups is 1. The molecule has 3 rings (SSSR count). The van der Waals surface area contributed by atoms with E-state index in [9.17, 15) is 9.90 Å². The number of carbonyl (C=O) groups excluding carboxylic acids is 1. The molecular formula is C27H40O5. The van der Waals surface area contributed by atoms with Gasteiger partial charge in [0.2, 0.25) is 0 Å². The van der Waals surface area contributed by atoms with E-state index < -0.39 is 6.10 Å². The lowest BCUT2D eigenvalue weighted by Crippen LogP contribution is -2.31. The Kier molecular flexibility index (Phi) is 9.84. The Balaban J connectivity index is 1.65. The van der Waals surface area contributed by atoms with Crippen LogP contribution in [0, 0.1) is 35.5 Å². The second-order valence-electron chi connectivity index (χ2n) is 9.58. The van der Waals surface area contributed by atoms with Gasteiger partial charge in [-0.2, -0.15) is 0 Å². The number of esters is 1. The largest absolute Gasteiger partial charge is 0.469 e. The Bertz CT molecular complexity index is 724. The van der Waals surface area contributed by atoms with Gasteiger partial charge >= 0.3 is 5.97 Å². The van der Waals surface area contributed by atoms with Gasteiger partial charge in [0.1, 0.15) is 0 Å². The minimum absolute atomic E-state index is 0.0952. The molecule has 2 aliphatic carbocycles. The predicted molar refractivity (Wildman–Crippen MR) is 124 cm³/mol. The number of rotatable bonds is 9. The van der Waals surface area contributed by atoms with Crippen LogP contribution >= 0.6 is 0 Å². The molecule has 7 atom stereocenters. The highest BCUT2D eigenvalue weighted by Crippen LogP contribution is 2.52. The average molecular weight is 445 g/mol. The van der Waals surface area contributed by atoms with Crippen LogP contribution in [0.4, 0.5) is 0 Å². The molecule has 3 aliphatic rings. The average Bonchev–Trinajstić information content (AvgIpc) is 3.33. The van der Waals surface area contributed by atoms with Crippen molar-refractivity contribution in [3.05, 3.63) is 23.8 Å². The first-order chi connectivity index (χ1) is 15.5. The molecule has 5 nitrogen and oxygen atoms in total. The second-order valence-corrected chi connectivity index (χ2v) is 9.58. The summed E-state index contributed by atoms with van der Waals surface area (Å²) in [6, 6.07) is 0. The molecular weight excluding hydrogens is 404 g/mol. The maximum atomic E-state index is 11.4. The molecule has 1 saturated heterocycles. The van der Waals surface area contributed by atoms with Gasteiger partial charge in [-0.1, -0.05) is 30.7 Å². The third kappa shape index (κ3) is 6.94. The van der Waals surface area contributed by atoms with E-state index in [0.717, 1.165) is 51.6 Å². The fourth-order valence-electron chi connectivity index (χ4n) is 5.39. The lowest BCUT2D eigenvalue weighted by molar-refractivity contribution is -0.193. The molecule has 0 spiro atoms. The molecule has 3 fully saturated rings. The van der Waals surface area contributed by atoms with E-state index in [4.69, 9.17) is 14.2 Å². The molecule has 32 heavy (non-hydrogen) atoms. The van der Waals surface area contributed by atoms with E-state index in [1.165, 1.54) is 12.7 Å². The predicted octanol–water partition coefficient (Wildman–Crippen LogP) is 4.79. The summed E-state index contributed by atoms with van der Waals surface area (Å²) >= 11 is 0. The van der Waals surface area contributed by atoms with Gasteiger partial charge in [-0.25, -0.2) is 0 Å². The van der Waals surface area contributed by atoms with Crippen LogP contribution in [-0.4, -0.2) is 43.3 Å². The fourth-order valence-corrected chi connectivity index (χ4v) is 5.39. The summed E-state index contributed by atoms with van der Waals surface area (Å²) in [5.41, 5.74) is 1.45. The van der Waals surface area contributed by atoms with E-state index in [0.29, 0.717) is 24.7 Å². The third-order valence-electron chi connectivity index (χ3n) is 7.27. The Morgan fingerprint density at radius 3 is 2.91 bits per heavy atom. The first-order valence-corrected chi connectivity index (χ1v) is 12.3. The summed E-state index contributed by atoms with van der Waals surface area (Å²) in [5, 5.41) is 10.6. The first-order valence-electron chi connectivity index (χ1n) is 12.3. The van der Waals surface area contributed by atoms with E-state index >= 15 is 0 Å². The van der Waals surface area contributed by atoms with Crippen molar-refractivity contribution in [1.29, 1.82) is 0 Å². The lowest BCUT2D eigenvalue weighted by atomic mass is 9.89. The summed E-state index contributed by atoms with van der Waals surface area (Å²) in [5.74, 6) is 7.31. The van der Waals surface area contributed by atoms with Gasteiger partial charge in [-0.05, 0) is 69.6 Å². The van der Waals surface area contributed by atoms with E-state index in [1.54, 1.807) is 0 Å². The number of fused-ring (bicyclic) bond motifs is 1. The topological polar surface area (TPSA) is 65.0 Å². The SMILES string of the molecule is CC#CC[C@@H](C)[C@H](O)/C=C/[C@H]1[C@H](OC2CCCCO2)CC2C/C(=C/CCC(=O)OC)C[C@@H]21. The number of hydrogen-bond donors (Lipinski definition) is 1. The number of methoxy groups -OCH3 is 1. The molecule has 0 aromatic carbocycles. The fraction of sp³-hybridized carbons (Fsp3) is 0.741. The molecule has 5 heteroatoms. The van der Waals surface area contributed by atoms with Crippen molar-refractivity contribution < 1.29 is 24.1 Å². The molecule has 0 radical (unpaired) electrons. The van der Waals surface area contributed by atoms with Gasteiger partial charge in [0.05, 0.1) is 19.3 Å². The summed E-state index contributed by atoms with van der Waals surface area (Å²) in [6.07, 6.45) is 14.2. The molecule has 0 aromatic heterocycles. The molecule has 2 unspecified atom stereocenters. The number of aliphatic hydroxyl groups is 1. The third-order valence-corrected chi connectivity index (χ3v) is 7.27. The van der Waals surface area contributed by atoms with Crippen LogP contribution in [0.3, 0.4) is 0 Å². The number of hydrogen-bond acceptors (Lipinski definition) is 5. The quantitative estimate of drug-likeness (QED) is 0.315. The zero-order valence-corrected chi connectivity index (χ0v) is 19.9. The van der Waals surface area contributed by atoms with Gasteiger partial charge in [0.15, 0.2) is 6.29 Å². The zero-order valence-electron chi connectivity index (χ0n) is 19.9. The maximum absolute atomic E-state index is 11.4. The Labute approximate surface area is 193 Å². The number of ether oxygens (including phenoxy) is 3. The van der Waals surface area contributed by atoms with Crippen LogP contribution in [0.25, 0.3) is 0 Å². The van der Waals surface area contributed by atoms with Gasteiger partial charge in [0.25, 0.3) is 0 Å². The zero-order chi connectivity index (χ0) is 22.9. The van der Waals surface area contributed by atoms with Crippen LogP contribution in [0.15, 0.2) is 23.8 Å². The Morgan fingerprint density at radius 1 is 1.34 bits per heavy atom. The Morgan fingerprint density at radius 2 is 2.19 bits per heavy atom. The monoisotopic (exact) mass is 444 g/mol. The van der Waals surface area contributed by atoms with Crippen molar-refractivity contribution in [3.63, 3.8) is 0 Å². The van der Waals surface area contributed by atoms with Gasteiger partial charge in [-0.3, -0.25) is 4.79 Å². The first kappa shape index (κ1) is 25.0. The second kappa shape index (κ2) is 12.6. The summed E-state index contributed by atoms with van der Waals surface area (Å²) in [4.78, 5) is 11.4. The molecule has 1 heterocycles. The molecule has 1 N–H and O–H groups in total. The highest BCUT2D eigenvalue weighted by Gasteiger charge is 2.47. The van der Waals surface area contributed by atoms with Crippen LogP contribution in [0.5, 0.6) is 0 Å². The standard InChI is InChI=1S/C27H40O5/c1-4-5-9-19(2)24(28)14-13-22-23-17-20(10-8-11-26(29)30-3)16-21(23)18-25(22)32-27-12-6-7-15-31-27/h10,13-14,19,21-25,27-28H,6-9,11-12,15-18H2,1-3H3/b14-13+,20-10-/t19-,21?,22-,23+,24-,25-,27?/m1/s1. The molecule has 2 saturated carbocycles. The minimum atomic E-state index is -0.502. The van der Waals surface area contributed by atoms with Crippen molar-refractivity contribution in [1.82, 2.24) is 0 Å². The Hall–Kier alpha value is -1.61. The van der Waals surface area contributed by atoms with Gasteiger partial charge in [0, 0.05) is 25.4 Å². The van der Waals surface area contributed by atoms with E-state index in [2.05, 4.69) is 24.0 Å². The smallest absolute Gasteiger partial charge is 0.305 e. The van der Waals surface area contributed by atoms with Crippen LogP contribution < -0.4 is 0 Å². The van der Waals surface area contributed by atoms with Crippen molar-refractivity contribution in [2.75, 3.05) is 13.7 Å². The van der Waals surface area contributed by atoms with Crippen molar-refractivity contribution in [2.24, 2.45) is 23.7 Å². The number of allylic oxidation sites excluding steroid dienone is 2. The van der Waals surface area contributed by atoms with Crippen LogP contribution in [0.1, 0.15) is 71.6 Å². The molecule has 0 aromatic rings. The molecule has 178 valence electrons. The number of aliphatic hydroxyl groups excluding tert-OH is 1. The van der Waals surface area contributed by atoms with Crippen LogP contribution in [-0.2, 0) is 19.0 Å². The van der Waals surface area contributed by atoms with Crippen molar-refractivity contribution >= 4 is 5.97 Å². The van der Waals surface area contributed by atoms with E-state index in [-0.39, 0.29) is 30.2 Å². The minimum Gasteiger partial charge on any atom is -0.469 e. The molecule has 0 amide bonds. The summed E-state index contributed by atoms with van der Waals surface area (Å²) < 4.78 is 17.1. The lowest BCUT2D eigenvalue weighted by Gasteiger charge is -2.29. The maximum Gasteiger partial charge on any atom is 0.305 e. The highest BCUT2D eigenvalue weighted by atomic mass is 16.7. The van der Waals surface area contributed by atoms with Crippen molar-refractivity contribution in [2.45, 2.75) is 90.1 Å². The molecule has 1 aliphatic heterocycles. The normalized spacial score (nSPS) is 33.0. The van der Waals surface area contributed by atoms with Crippen LogP contribution in [0.2, 0.25) is 0 Å². The van der Waals surface area contributed by atoms with Gasteiger partial charge < -0.3 is 19.3 Å². The van der Waals surface area contributed by atoms with E-state index in [1.807, 2.05) is 19.9 Å². The summed E-state index contributed by atoms with van der Waals surface area (Å²) in [6.45, 7) is 4.66. The van der Waals surface area contributed by atoms with Gasteiger partial charge in [-0.15, -0.1) is 11.8 Å². The summed E-state index contributed by atoms with van der Waals surface area (Å²) in [7, 11) is 1.44. The van der Waals surface area contributed by atoms with Crippen molar-refractivity contribution in [3.8, 4) is 11.8 Å². The highest BCUT2D eigenvalue weighted by molar-refractivity contribution is 5.69.